The second kappa shape index (κ2) is 9.42. The summed E-state index contributed by atoms with van der Waals surface area (Å²) in [4.78, 5) is 4.35. The number of benzene rings is 2. The summed E-state index contributed by atoms with van der Waals surface area (Å²) >= 11 is 0. The summed E-state index contributed by atoms with van der Waals surface area (Å²) in [5.74, 6) is 2.64. The Bertz CT molecular complexity index is 717. The molecule has 0 saturated heterocycles. The Morgan fingerprint density at radius 2 is 1.76 bits per heavy atom. The summed E-state index contributed by atoms with van der Waals surface area (Å²) < 4.78 is 15.7. The van der Waals surface area contributed by atoms with Gasteiger partial charge in [-0.2, -0.15) is 0 Å². The van der Waals surface area contributed by atoms with Crippen molar-refractivity contribution in [2.45, 2.75) is 13.0 Å². The number of aliphatic imine (C=N–C) groups is 1. The van der Waals surface area contributed by atoms with Crippen molar-refractivity contribution in [1.82, 2.24) is 5.32 Å². The Hall–Kier alpha value is -2.89. The molecule has 2 aromatic rings. The largest absolute Gasteiger partial charge is 0.497 e. The average Bonchev–Trinajstić information content (AvgIpc) is 2.66. The zero-order valence-corrected chi connectivity index (χ0v) is 14.9. The van der Waals surface area contributed by atoms with Gasteiger partial charge in [-0.3, -0.25) is 0 Å². The van der Waals surface area contributed by atoms with E-state index in [1.165, 1.54) is 5.56 Å². The quantitative estimate of drug-likeness (QED) is 0.568. The maximum atomic E-state index is 5.93. The standard InChI is InChI=1S/C19H25N3O3/c1-23-16-6-4-5-14(11-16)9-10-21-19(20)22-13-15-7-8-17(24-2)18(12-15)25-3/h4-8,11-12H,9-10,13H2,1-3H3,(H3,20,21,22). The third kappa shape index (κ3) is 5.60. The van der Waals surface area contributed by atoms with E-state index in [1.807, 2.05) is 36.4 Å². The molecule has 0 aliphatic heterocycles. The molecule has 0 aliphatic rings. The maximum absolute atomic E-state index is 5.93. The van der Waals surface area contributed by atoms with Crippen molar-refractivity contribution in [2.75, 3.05) is 27.9 Å². The first kappa shape index (κ1) is 18.4. The molecule has 0 heterocycles. The van der Waals surface area contributed by atoms with Crippen molar-refractivity contribution in [1.29, 1.82) is 0 Å². The van der Waals surface area contributed by atoms with Crippen LogP contribution in [0.2, 0.25) is 0 Å². The molecule has 25 heavy (non-hydrogen) atoms. The van der Waals surface area contributed by atoms with E-state index in [0.717, 1.165) is 17.7 Å². The van der Waals surface area contributed by atoms with E-state index in [4.69, 9.17) is 19.9 Å². The predicted molar refractivity (Wildman–Crippen MR) is 99.6 cm³/mol. The molecular formula is C19H25N3O3. The molecule has 3 N–H and O–H groups in total. The van der Waals surface area contributed by atoms with Gasteiger partial charge in [0.25, 0.3) is 0 Å². The summed E-state index contributed by atoms with van der Waals surface area (Å²) in [7, 11) is 4.88. The predicted octanol–water partition coefficient (Wildman–Crippen LogP) is 2.36. The lowest BCUT2D eigenvalue weighted by Gasteiger charge is -2.09. The topological polar surface area (TPSA) is 78.1 Å². The third-order valence-electron chi connectivity index (χ3n) is 3.73. The van der Waals surface area contributed by atoms with Gasteiger partial charge in [0.15, 0.2) is 17.5 Å². The van der Waals surface area contributed by atoms with E-state index >= 15 is 0 Å². The van der Waals surface area contributed by atoms with E-state index in [-0.39, 0.29) is 0 Å². The van der Waals surface area contributed by atoms with Crippen LogP contribution >= 0.6 is 0 Å². The number of nitrogens with two attached hydrogens (primary N) is 1. The second-order valence-electron chi connectivity index (χ2n) is 5.42. The number of guanidine groups is 1. The number of hydrogen-bond donors (Lipinski definition) is 2. The van der Waals surface area contributed by atoms with E-state index < -0.39 is 0 Å². The Morgan fingerprint density at radius 1 is 0.960 bits per heavy atom. The van der Waals surface area contributed by atoms with Crippen LogP contribution in [0.3, 0.4) is 0 Å². The molecule has 0 aliphatic carbocycles. The molecule has 0 aromatic heterocycles. The number of ether oxygens (including phenoxy) is 3. The van der Waals surface area contributed by atoms with Gasteiger partial charge in [0.05, 0.1) is 27.9 Å². The third-order valence-corrected chi connectivity index (χ3v) is 3.73. The average molecular weight is 343 g/mol. The fourth-order valence-electron chi connectivity index (χ4n) is 2.37. The first-order valence-electron chi connectivity index (χ1n) is 8.04. The highest BCUT2D eigenvalue weighted by Gasteiger charge is 2.04. The zero-order chi connectivity index (χ0) is 18.1. The molecule has 0 unspecified atom stereocenters. The summed E-state index contributed by atoms with van der Waals surface area (Å²) in [6.07, 6.45) is 0.837. The molecule has 2 aromatic carbocycles. The molecule has 0 amide bonds. The Morgan fingerprint density at radius 3 is 2.48 bits per heavy atom. The summed E-state index contributed by atoms with van der Waals surface area (Å²) in [6.45, 7) is 1.17. The summed E-state index contributed by atoms with van der Waals surface area (Å²) in [5, 5.41) is 3.12. The lowest BCUT2D eigenvalue weighted by atomic mass is 10.1. The number of methoxy groups -OCH3 is 3. The molecule has 6 nitrogen and oxygen atoms in total. The van der Waals surface area contributed by atoms with Gasteiger partial charge in [-0.1, -0.05) is 18.2 Å². The van der Waals surface area contributed by atoms with Gasteiger partial charge < -0.3 is 25.3 Å². The molecule has 0 spiro atoms. The van der Waals surface area contributed by atoms with Crippen molar-refractivity contribution < 1.29 is 14.2 Å². The second-order valence-corrected chi connectivity index (χ2v) is 5.42. The highest BCUT2D eigenvalue weighted by atomic mass is 16.5. The van der Waals surface area contributed by atoms with Crippen molar-refractivity contribution in [2.24, 2.45) is 10.7 Å². The lowest BCUT2D eigenvalue weighted by molar-refractivity contribution is 0.354. The molecule has 0 fully saturated rings. The van der Waals surface area contributed by atoms with Crippen molar-refractivity contribution in [3.8, 4) is 17.2 Å². The van der Waals surface area contributed by atoms with Crippen LogP contribution in [0.4, 0.5) is 0 Å². The fourth-order valence-corrected chi connectivity index (χ4v) is 2.37. The Balaban J connectivity index is 1.85. The highest BCUT2D eigenvalue weighted by Crippen LogP contribution is 2.27. The highest BCUT2D eigenvalue weighted by molar-refractivity contribution is 5.77. The molecule has 6 heteroatoms. The van der Waals surface area contributed by atoms with Crippen LogP contribution in [0.5, 0.6) is 17.2 Å². The molecule has 0 atom stereocenters. The monoisotopic (exact) mass is 343 g/mol. The maximum Gasteiger partial charge on any atom is 0.188 e. The SMILES string of the molecule is COc1cccc(CCNC(N)=NCc2ccc(OC)c(OC)c2)c1. The van der Waals surface area contributed by atoms with E-state index in [0.29, 0.717) is 30.5 Å². The Labute approximate surface area is 148 Å². The summed E-state index contributed by atoms with van der Waals surface area (Å²) in [6, 6.07) is 13.7. The molecule has 0 bridgehead atoms. The number of nitrogens with one attached hydrogen (secondary N) is 1. The van der Waals surface area contributed by atoms with Crippen LogP contribution in [0.1, 0.15) is 11.1 Å². The minimum atomic E-state index is 0.415. The minimum Gasteiger partial charge on any atom is -0.497 e. The Kier molecular flexibility index (Phi) is 6.95. The van der Waals surface area contributed by atoms with Gasteiger partial charge in [-0.25, -0.2) is 4.99 Å². The lowest BCUT2D eigenvalue weighted by Crippen LogP contribution is -2.33. The number of nitrogens with zero attached hydrogens (tertiary/aromatic N) is 1. The summed E-state index contributed by atoms with van der Waals surface area (Å²) in [5.41, 5.74) is 8.10. The molecule has 0 saturated carbocycles. The van der Waals surface area contributed by atoms with E-state index in [1.54, 1.807) is 21.3 Å². The van der Waals surface area contributed by atoms with Crippen LogP contribution in [0.25, 0.3) is 0 Å². The first-order valence-corrected chi connectivity index (χ1v) is 8.04. The van der Waals surface area contributed by atoms with Gasteiger partial charge in [-0.15, -0.1) is 0 Å². The van der Waals surface area contributed by atoms with E-state index in [9.17, 15) is 0 Å². The van der Waals surface area contributed by atoms with Gasteiger partial charge in [0.1, 0.15) is 5.75 Å². The molecule has 0 radical (unpaired) electrons. The van der Waals surface area contributed by atoms with Crippen molar-refractivity contribution in [3.63, 3.8) is 0 Å². The molecular weight excluding hydrogens is 318 g/mol. The first-order chi connectivity index (χ1) is 12.2. The van der Waals surface area contributed by atoms with Crippen molar-refractivity contribution >= 4 is 5.96 Å². The minimum absolute atomic E-state index is 0.415. The normalized spacial score (nSPS) is 11.1. The van der Waals surface area contributed by atoms with Crippen LogP contribution in [0, 0.1) is 0 Å². The van der Waals surface area contributed by atoms with Gasteiger partial charge in [0, 0.05) is 6.54 Å². The van der Waals surface area contributed by atoms with E-state index in [2.05, 4.69) is 16.4 Å². The molecule has 2 rings (SSSR count). The van der Waals surface area contributed by atoms with Crippen LogP contribution < -0.4 is 25.3 Å². The number of hydrogen-bond acceptors (Lipinski definition) is 4. The van der Waals surface area contributed by atoms with Gasteiger partial charge in [0.2, 0.25) is 0 Å². The van der Waals surface area contributed by atoms with Gasteiger partial charge in [-0.05, 0) is 41.8 Å². The van der Waals surface area contributed by atoms with Crippen LogP contribution in [-0.2, 0) is 13.0 Å². The van der Waals surface area contributed by atoms with Crippen LogP contribution in [-0.4, -0.2) is 33.8 Å². The van der Waals surface area contributed by atoms with Crippen molar-refractivity contribution in [3.05, 3.63) is 53.6 Å². The van der Waals surface area contributed by atoms with Gasteiger partial charge >= 0.3 is 0 Å². The smallest absolute Gasteiger partial charge is 0.188 e. The molecule has 134 valence electrons. The zero-order valence-electron chi connectivity index (χ0n) is 14.9. The van der Waals surface area contributed by atoms with Crippen LogP contribution in [0.15, 0.2) is 47.5 Å². The fraction of sp³-hybridized carbons (Fsp3) is 0.316. The number of rotatable bonds is 8.